The second-order valence-electron chi connectivity index (χ2n) is 6.85. The van der Waals surface area contributed by atoms with Gasteiger partial charge in [-0.15, -0.1) is 0 Å². The van der Waals surface area contributed by atoms with E-state index in [1.54, 1.807) is 12.4 Å². The van der Waals surface area contributed by atoms with Gasteiger partial charge in [0.2, 0.25) is 5.91 Å². The molecular formula is C20H24ClN3O. The molecule has 1 aromatic carbocycles. The summed E-state index contributed by atoms with van der Waals surface area (Å²) in [7, 11) is 0. The van der Waals surface area contributed by atoms with Crippen LogP contribution in [0, 0.1) is 5.92 Å². The second-order valence-corrected chi connectivity index (χ2v) is 7.28. The van der Waals surface area contributed by atoms with E-state index in [1.165, 1.54) is 5.56 Å². The van der Waals surface area contributed by atoms with Crippen molar-refractivity contribution in [2.45, 2.75) is 37.6 Å². The van der Waals surface area contributed by atoms with Crippen LogP contribution >= 0.6 is 11.6 Å². The molecule has 1 fully saturated rings. The summed E-state index contributed by atoms with van der Waals surface area (Å²) < 4.78 is 0. The summed E-state index contributed by atoms with van der Waals surface area (Å²) in [6.07, 6.45) is 7.03. The predicted molar refractivity (Wildman–Crippen MR) is 100 cm³/mol. The van der Waals surface area contributed by atoms with Crippen LogP contribution in [0.1, 0.15) is 36.8 Å². The number of carbonyl (C=O) groups is 1. The molecule has 1 aliphatic carbocycles. The third-order valence-electron chi connectivity index (χ3n) is 5.33. The van der Waals surface area contributed by atoms with Crippen LogP contribution in [0.2, 0.25) is 5.02 Å². The van der Waals surface area contributed by atoms with Gasteiger partial charge in [0.15, 0.2) is 0 Å². The Kier molecular flexibility index (Phi) is 5.71. The molecule has 0 saturated heterocycles. The topological polar surface area (TPSA) is 68.0 Å². The number of nitrogens with zero attached hydrogens (tertiary/aromatic N) is 1. The van der Waals surface area contributed by atoms with Crippen molar-refractivity contribution in [1.82, 2.24) is 10.3 Å². The first-order valence-electron chi connectivity index (χ1n) is 8.76. The van der Waals surface area contributed by atoms with Crippen LogP contribution in [0.5, 0.6) is 0 Å². The highest BCUT2D eigenvalue weighted by Gasteiger charge is 2.37. The fourth-order valence-corrected chi connectivity index (χ4v) is 3.89. The molecule has 0 bridgehead atoms. The van der Waals surface area contributed by atoms with Gasteiger partial charge in [-0.2, -0.15) is 0 Å². The second kappa shape index (κ2) is 7.98. The Hall–Kier alpha value is -1.91. The molecule has 3 N–H and O–H groups in total. The van der Waals surface area contributed by atoms with Crippen LogP contribution < -0.4 is 11.1 Å². The van der Waals surface area contributed by atoms with E-state index < -0.39 is 0 Å². The molecule has 4 nitrogen and oxygen atoms in total. The number of hydrogen-bond acceptors (Lipinski definition) is 3. The van der Waals surface area contributed by atoms with Crippen molar-refractivity contribution in [1.29, 1.82) is 0 Å². The van der Waals surface area contributed by atoms with Crippen molar-refractivity contribution < 1.29 is 4.79 Å². The molecule has 0 spiro atoms. The van der Waals surface area contributed by atoms with E-state index in [1.807, 2.05) is 30.3 Å². The highest BCUT2D eigenvalue weighted by molar-refractivity contribution is 6.30. The molecule has 1 amide bonds. The van der Waals surface area contributed by atoms with Crippen LogP contribution in [0.25, 0.3) is 0 Å². The summed E-state index contributed by atoms with van der Waals surface area (Å²) in [6.45, 7) is 1.11. The van der Waals surface area contributed by atoms with Gasteiger partial charge in [-0.05, 0) is 55.0 Å². The number of hydrogen-bond donors (Lipinski definition) is 2. The zero-order valence-corrected chi connectivity index (χ0v) is 15.0. The van der Waals surface area contributed by atoms with Crippen molar-refractivity contribution in [3.8, 4) is 0 Å². The maximum absolute atomic E-state index is 12.5. The van der Waals surface area contributed by atoms with Crippen LogP contribution in [-0.4, -0.2) is 17.4 Å². The lowest BCUT2D eigenvalue weighted by atomic mass is 9.66. The minimum Gasteiger partial charge on any atom is -0.352 e. The molecule has 25 heavy (non-hydrogen) atoms. The summed E-state index contributed by atoms with van der Waals surface area (Å²) in [5.74, 6) is 0.177. The van der Waals surface area contributed by atoms with Gasteiger partial charge in [-0.3, -0.25) is 9.78 Å². The SMILES string of the molecule is NC[C@]1(c2cccc(Cl)c2)CC[C@H](C(=O)NCc2cccnc2)CC1. The molecule has 0 aliphatic heterocycles. The molecular weight excluding hydrogens is 334 g/mol. The standard InChI is InChI=1S/C20H24ClN3O/c21-18-5-1-4-17(11-18)20(14-22)8-6-16(7-9-20)19(25)24-13-15-3-2-10-23-12-15/h1-5,10-12,16H,6-9,13-14,22H2,(H,24,25)/t16-,20-. The maximum Gasteiger partial charge on any atom is 0.223 e. The van der Waals surface area contributed by atoms with Gasteiger partial charge in [0.1, 0.15) is 0 Å². The first-order valence-corrected chi connectivity index (χ1v) is 9.13. The zero-order chi connectivity index (χ0) is 17.7. The molecule has 0 unspecified atom stereocenters. The number of aromatic nitrogens is 1. The van der Waals surface area contributed by atoms with E-state index >= 15 is 0 Å². The third-order valence-corrected chi connectivity index (χ3v) is 5.57. The summed E-state index contributed by atoms with van der Waals surface area (Å²) >= 11 is 6.15. The molecule has 0 atom stereocenters. The Labute approximate surface area is 153 Å². The first kappa shape index (κ1) is 17.9. The Morgan fingerprint density at radius 1 is 1.28 bits per heavy atom. The highest BCUT2D eigenvalue weighted by Crippen LogP contribution is 2.41. The first-order chi connectivity index (χ1) is 12.1. The number of carbonyl (C=O) groups excluding carboxylic acids is 1. The predicted octanol–water partition coefficient (Wildman–Crippen LogP) is 3.44. The number of nitrogens with one attached hydrogen (secondary N) is 1. The molecule has 1 aliphatic rings. The molecule has 1 saturated carbocycles. The van der Waals surface area contributed by atoms with Crippen molar-refractivity contribution >= 4 is 17.5 Å². The molecule has 3 rings (SSSR count). The largest absolute Gasteiger partial charge is 0.352 e. The average molecular weight is 358 g/mol. The number of rotatable bonds is 5. The fourth-order valence-electron chi connectivity index (χ4n) is 3.70. The normalized spacial score (nSPS) is 23.2. The van der Waals surface area contributed by atoms with Gasteiger partial charge in [0.25, 0.3) is 0 Å². The highest BCUT2D eigenvalue weighted by atomic mass is 35.5. The van der Waals surface area contributed by atoms with Crippen molar-refractivity contribution in [2.24, 2.45) is 11.7 Å². The smallest absolute Gasteiger partial charge is 0.223 e. The van der Waals surface area contributed by atoms with Gasteiger partial charge < -0.3 is 11.1 Å². The van der Waals surface area contributed by atoms with E-state index in [-0.39, 0.29) is 17.2 Å². The molecule has 5 heteroatoms. The van der Waals surface area contributed by atoms with Crippen molar-refractivity contribution in [3.63, 3.8) is 0 Å². The summed E-state index contributed by atoms with van der Waals surface area (Å²) in [5.41, 5.74) is 8.27. The summed E-state index contributed by atoms with van der Waals surface area (Å²) in [6, 6.07) is 11.8. The van der Waals surface area contributed by atoms with Gasteiger partial charge in [-0.1, -0.05) is 29.8 Å². The number of amides is 1. The molecule has 1 heterocycles. The Morgan fingerprint density at radius 2 is 2.08 bits per heavy atom. The lowest BCUT2D eigenvalue weighted by Gasteiger charge is -2.39. The van der Waals surface area contributed by atoms with E-state index in [0.29, 0.717) is 13.1 Å². The van der Waals surface area contributed by atoms with Gasteiger partial charge in [0, 0.05) is 41.8 Å². The van der Waals surface area contributed by atoms with E-state index in [0.717, 1.165) is 36.3 Å². The average Bonchev–Trinajstić information content (AvgIpc) is 2.67. The van der Waals surface area contributed by atoms with Crippen LogP contribution in [0.4, 0.5) is 0 Å². The van der Waals surface area contributed by atoms with E-state index in [9.17, 15) is 4.79 Å². The molecule has 2 aromatic rings. The molecule has 132 valence electrons. The lowest BCUT2D eigenvalue weighted by molar-refractivity contribution is -0.126. The summed E-state index contributed by atoms with van der Waals surface area (Å²) in [4.78, 5) is 16.5. The number of benzene rings is 1. The number of halogens is 1. The van der Waals surface area contributed by atoms with Crippen LogP contribution in [0.15, 0.2) is 48.8 Å². The Balaban J connectivity index is 1.59. The zero-order valence-electron chi connectivity index (χ0n) is 14.2. The third kappa shape index (κ3) is 4.20. The monoisotopic (exact) mass is 357 g/mol. The van der Waals surface area contributed by atoms with Gasteiger partial charge >= 0.3 is 0 Å². The minimum absolute atomic E-state index is 0.0514. The van der Waals surface area contributed by atoms with Crippen molar-refractivity contribution in [3.05, 3.63) is 64.9 Å². The maximum atomic E-state index is 12.5. The quantitative estimate of drug-likeness (QED) is 0.861. The van der Waals surface area contributed by atoms with Gasteiger partial charge in [-0.25, -0.2) is 0 Å². The van der Waals surface area contributed by atoms with E-state index in [2.05, 4.69) is 16.4 Å². The Bertz CT molecular complexity index is 712. The lowest BCUT2D eigenvalue weighted by Crippen LogP contribution is -2.42. The molecule has 0 radical (unpaired) electrons. The van der Waals surface area contributed by atoms with Crippen LogP contribution in [-0.2, 0) is 16.8 Å². The van der Waals surface area contributed by atoms with Crippen LogP contribution in [0.3, 0.4) is 0 Å². The number of pyridine rings is 1. The Morgan fingerprint density at radius 3 is 2.72 bits per heavy atom. The molecule has 1 aromatic heterocycles. The minimum atomic E-state index is -0.0645. The van der Waals surface area contributed by atoms with Gasteiger partial charge in [0.05, 0.1) is 0 Å². The van der Waals surface area contributed by atoms with E-state index in [4.69, 9.17) is 17.3 Å². The van der Waals surface area contributed by atoms with Crippen molar-refractivity contribution in [2.75, 3.05) is 6.54 Å². The fraction of sp³-hybridized carbons (Fsp3) is 0.400. The number of nitrogens with two attached hydrogens (primary N) is 1. The summed E-state index contributed by atoms with van der Waals surface area (Å²) in [5, 5.41) is 3.77.